The number of hydrogen-bond acceptors (Lipinski definition) is 3. The van der Waals surface area contributed by atoms with Gasteiger partial charge in [0.1, 0.15) is 0 Å². The minimum atomic E-state index is 0.187. The number of aliphatic hydroxyl groups excluding tert-OH is 1. The molecule has 1 saturated carbocycles. The van der Waals surface area contributed by atoms with Crippen LogP contribution < -0.4 is 5.32 Å². The van der Waals surface area contributed by atoms with Gasteiger partial charge in [-0.3, -0.25) is 9.69 Å². The molecule has 1 aliphatic carbocycles. The summed E-state index contributed by atoms with van der Waals surface area (Å²) in [7, 11) is 1.99. The maximum atomic E-state index is 11.5. The second kappa shape index (κ2) is 6.21. The Kier molecular flexibility index (Phi) is 5.22. The van der Waals surface area contributed by atoms with Crippen LogP contribution in [0.1, 0.15) is 33.1 Å². The lowest BCUT2D eigenvalue weighted by atomic mass is 10.2. The number of carbonyl (C=O) groups excluding carboxylic acids is 1. The van der Waals surface area contributed by atoms with Crippen molar-refractivity contribution in [1.82, 2.24) is 10.2 Å². The van der Waals surface area contributed by atoms with E-state index in [1.165, 1.54) is 0 Å². The molecule has 0 aromatic carbocycles. The first kappa shape index (κ1) is 13.5. The summed E-state index contributed by atoms with van der Waals surface area (Å²) in [5.74, 6) is 0.496. The van der Waals surface area contributed by atoms with Gasteiger partial charge in [-0.1, -0.05) is 13.8 Å². The van der Waals surface area contributed by atoms with Crippen LogP contribution in [-0.4, -0.2) is 48.2 Å². The van der Waals surface area contributed by atoms with Crippen LogP contribution in [0.5, 0.6) is 0 Å². The minimum Gasteiger partial charge on any atom is -0.395 e. The van der Waals surface area contributed by atoms with Crippen molar-refractivity contribution in [2.75, 3.05) is 20.2 Å². The number of nitrogens with one attached hydrogen (secondary N) is 1. The summed E-state index contributed by atoms with van der Waals surface area (Å²) in [6.45, 7) is 5.05. The summed E-state index contributed by atoms with van der Waals surface area (Å²) in [6.07, 6.45) is 2.99. The van der Waals surface area contributed by atoms with Crippen molar-refractivity contribution in [3.05, 3.63) is 0 Å². The third-order valence-corrected chi connectivity index (χ3v) is 3.19. The number of rotatable bonds is 3. The van der Waals surface area contributed by atoms with E-state index in [2.05, 4.69) is 10.2 Å². The molecule has 0 radical (unpaired) electrons. The highest BCUT2D eigenvalue weighted by atomic mass is 16.3. The predicted octanol–water partition coefficient (Wildman–Crippen LogP) is 0.604. The molecule has 2 fully saturated rings. The molecule has 1 saturated heterocycles. The Morgan fingerprint density at radius 2 is 2.06 bits per heavy atom. The lowest BCUT2D eigenvalue weighted by molar-refractivity contribution is -0.122. The summed E-state index contributed by atoms with van der Waals surface area (Å²) < 4.78 is 0. The fraction of sp³-hybridized carbons (Fsp3) is 0.917. The van der Waals surface area contributed by atoms with Crippen LogP contribution >= 0.6 is 0 Å². The molecule has 4 nitrogen and oxygen atoms in total. The third kappa shape index (κ3) is 3.46. The highest BCUT2D eigenvalue weighted by molar-refractivity contribution is 5.81. The van der Waals surface area contributed by atoms with E-state index in [9.17, 15) is 4.79 Å². The van der Waals surface area contributed by atoms with Crippen molar-refractivity contribution < 1.29 is 9.90 Å². The Hall–Kier alpha value is -0.610. The minimum absolute atomic E-state index is 0.187. The third-order valence-electron chi connectivity index (χ3n) is 3.19. The summed E-state index contributed by atoms with van der Waals surface area (Å²) in [4.78, 5) is 13.6. The highest BCUT2D eigenvalue weighted by Gasteiger charge is 2.34. The van der Waals surface area contributed by atoms with Gasteiger partial charge < -0.3 is 10.4 Å². The average molecular weight is 228 g/mol. The zero-order valence-electron chi connectivity index (χ0n) is 10.6. The van der Waals surface area contributed by atoms with Crippen LogP contribution in [0.4, 0.5) is 0 Å². The van der Waals surface area contributed by atoms with Crippen LogP contribution in [-0.2, 0) is 4.79 Å². The molecule has 1 amide bonds. The molecule has 2 atom stereocenters. The standard InChI is InChI=1S/C10H18N2O2.C2H6/c1-12-5-8(4-9(12)6-13)11-10(14)7-2-3-7;1-2/h7-9,13H,2-6H2,1H3,(H,11,14);1-2H3. The van der Waals surface area contributed by atoms with Gasteiger partial charge in [-0.05, 0) is 26.3 Å². The topological polar surface area (TPSA) is 52.6 Å². The predicted molar refractivity (Wildman–Crippen MR) is 64.1 cm³/mol. The van der Waals surface area contributed by atoms with Crippen molar-refractivity contribution in [1.29, 1.82) is 0 Å². The lowest BCUT2D eigenvalue weighted by Gasteiger charge is -2.15. The number of hydrogen-bond donors (Lipinski definition) is 2. The molecule has 0 aromatic rings. The summed E-state index contributed by atoms with van der Waals surface area (Å²) >= 11 is 0. The van der Waals surface area contributed by atoms with E-state index in [0.29, 0.717) is 0 Å². The van der Waals surface area contributed by atoms with Gasteiger partial charge in [0.15, 0.2) is 0 Å². The normalized spacial score (nSPS) is 29.5. The molecule has 2 N–H and O–H groups in total. The molecule has 0 bridgehead atoms. The largest absolute Gasteiger partial charge is 0.395 e. The maximum absolute atomic E-state index is 11.5. The van der Waals surface area contributed by atoms with E-state index in [-0.39, 0.29) is 30.5 Å². The van der Waals surface area contributed by atoms with Gasteiger partial charge in [-0.15, -0.1) is 0 Å². The average Bonchev–Trinajstić information content (AvgIpc) is 3.07. The Bertz CT molecular complexity index is 229. The van der Waals surface area contributed by atoms with E-state index in [1.807, 2.05) is 20.9 Å². The van der Waals surface area contributed by atoms with Gasteiger partial charge in [0.2, 0.25) is 5.91 Å². The van der Waals surface area contributed by atoms with Crippen LogP contribution in [0.15, 0.2) is 0 Å². The number of aliphatic hydroxyl groups is 1. The smallest absolute Gasteiger partial charge is 0.223 e. The molecular formula is C12H24N2O2. The second-order valence-electron chi connectivity index (χ2n) is 4.49. The zero-order valence-corrected chi connectivity index (χ0v) is 10.6. The number of nitrogens with zero attached hydrogens (tertiary/aromatic N) is 1. The maximum Gasteiger partial charge on any atom is 0.223 e. The molecule has 2 rings (SSSR count). The van der Waals surface area contributed by atoms with Crippen molar-refractivity contribution >= 4 is 5.91 Å². The number of carbonyl (C=O) groups is 1. The molecule has 1 heterocycles. The second-order valence-corrected chi connectivity index (χ2v) is 4.49. The van der Waals surface area contributed by atoms with Crippen LogP contribution in [0, 0.1) is 5.92 Å². The molecule has 2 aliphatic rings. The fourth-order valence-electron chi connectivity index (χ4n) is 2.06. The fourth-order valence-corrected chi connectivity index (χ4v) is 2.06. The van der Waals surface area contributed by atoms with Crippen LogP contribution in [0.3, 0.4) is 0 Å². The monoisotopic (exact) mass is 228 g/mol. The molecule has 2 unspecified atom stereocenters. The molecule has 16 heavy (non-hydrogen) atoms. The molecular weight excluding hydrogens is 204 g/mol. The van der Waals surface area contributed by atoms with Gasteiger partial charge >= 0.3 is 0 Å². The van der Waals surface area contributed by atoms with Crippen LogP contribution in [0.2, 0.25) is 0 Å². The Balaban J connectivity index is 0.000000606. The number of likely N-dealkylation sites (N-methyl/N-ethyl adjacent to an activating group) is 1. The molecule has 1 aliphatic heterocycles. The quantitative estimate of drug-likeness (QED) is 0.744. The first-order chi connectivity index (χ1) is 7.70. The summed E-state index contributed by atoms with van der Waals surface area (Å²) in [6, 6.07) is 0.463. The molecule has 94 valence electrons. The number of amides is 1. The van der Waals surface area contributed by atoms with E-state index < -0.39 is 0 Å². The van der Waals surface area contributed by atoms with Gasteiger partial charge in [-0.2, -0.15) is 0 Å². The van der Waals surface area contributed by atoms with E-state index in [1.54, 1.807) is 0 Å². The summed E-state index contributed by atoms with van der Waals surface area (Å²) in [5.41, 5.74) is 0. The molecule has 0 aromatic heterocycles. The van der Waals surface area contributed by atoms with Gasteiger partial charge in [0.05, 0.1) is 6.61 Å². The van der Waals surface area contributed by atoms with E-state index in [0.717, 1.165) is 25.8 Å². The summed E-state index contributed by atoms with van der Waals surface area (Å²) in [5, 5.41) is 12.1. The van der Waals surface area contributed by atoms with Crippen LogP contribution in [0.25, 0.3) is 0 Å². The Labute approximate surface area is 98.0 Å². The molecule has 0 spiro atoms. The van der Waals surface area contributed by atoms with Crippen molar-refractivity contribution in [3.63, 3.8) is 0 Å². The van der Waals surface area contributed by atoms with E-state index in [4.69, 9.17) is 5.11 Å². The first-order valence-corrected chi connectivity index (χ1v) is 6.32. The van der Waals surface area contributed by atoms with Crippen molar-refractivity contribution in [3.8, 4) is 0 Å². The Morgan fingerprint density at radius 1 is 1.44 bits per heavy atom. The SMILES string of the molecule is CC.CN1CC(NC(=O)C2CC2)CC1CO. The first-order valence-electron chi connectivity index (χ1n) is 6.32. The van der Waals surface area contributed by atoms with Gasteiger partial charge in [0.25, 0.3) is 0 Å². The van der Waals surface area contributed by atoms with E-state index >= 15 is 0 Å². The van der Waals surface area contributed by atoms with Crippen molar-refractivity contribution in [2.45, 2.75) is 45.2 Å². The lowest BCUT2D eigenvalue weighted by Crippen LogP contribution is -2.37. The highest BCUT2D eigenvalue weighted by Crippen LogP contribution is 2.29. The Morgan fingerprint density at radius 3 is 2.50 bits per heavy atom. The number of likely N-dealkylation sites (tertiary alicyclic amines) is 1. The van der Waals surface area contributed by atoms with Gasteiger partial charge in [-0.25, -0.2) is 0 Å². The van der Waals surface area contributed by atoms with Crippen molar-refractivity contribution in [2.24, 2.45) is 5.92 Å². The molecule has 4 heteroatoms. The zero-order chi connectivity index (χ0) is 12.1. The van der Waals surface area contributed by atoms with Gasteiger partial charge in [0, 0.05) is 24.5 Å².